The van der Waals surface area contributed by atoms with E-state index in [2.05, 4.69) is 10.1 Å². The van der Waals surface area contributed by atoms with Gasteiger partial charge in [-0.25, -0.2) is 9.67 Å². The first-order valence-corrected chi connectivity index (χ1v) is 8.59. The van der Waals surface area contributed by atoms with Gasteiger partial charge in [-0.2, -0.15) is 13.5 Å². The van der Waals surface area contributed by atoms with E-state index in [0.29, 0.717) is 10.6 Å². The maximum Gasteiger partial charge on any atom is 0.264 e. The Bertz CT molecular complexity index is 718. The minimum absolute atomic E-state index is 0.0225. The fourth-order valence-corrected chi connectivity index (χ4v) is 2.91. The lowest BCUT2D eigenvalue weighted by molar-refractivity contribution is -0.0711. The summed E-state index contributed by atoms with van der Waals surface area (Å²) in [4.78, 5) is 3.81. The molecule has 120 valence electrons. The molecule has 2 rings (SSSR count). The highest BCUT2D eigenvalue weighted by Crippen LogP contribution is 2.30. The van der Waals surface area contributed by atoms with E-state index in [0.717, 1.165) is 6.26 Å². The molecule has 0 amide bonds. The summed E-state index contributed by atoms with van der Waals surface area (Å²) in [6, 6.07) is 6.44. The van der Waals surface area contributed by atoms with Crippen molar-refractivity contribution in [2.24, 2.45) is 0 Å². The van der Waals surface area contributed by atoms with Crippen molar-refractivity contribution in [2.75, 3.05) is 6.26 Å². The molecule has 0 aliphatic heterocycles. The fraction of sp³-hybridized carbons (Fsp3) is 0.385. The van der Waals surface area contributed by atoms with E-state index in [1.54, 1.807) is 24.3 Å². The molecule has 0 unspecified atom stereocenters. The van der Waals surface area contributed by atoms with E-state index in [1.165, 1.54) is 24.3 Å². The van der Waals surface area contributed by atoms with Crippen molar-refractivity contribution < 1.29 is 17.7 Å². The Morgan fingerprint density at radius 2 is 2.05 bits per heavy atom. The third-order valence-electron chi connectivity index (χ3n) is 3.21. The average molecular weight is 346 g/mol. The molecule has 0 aliphatic carbocycles. The van der Waals surface area contributed by atoms with Crippen molar-refractivity contribution in [3.8, 4) is 0 Å². The molecule has 0 radical (unpaired) electrons. The SMILES string of the molecule is C[C@@H](OS(C)(=O)=O)[C@](O)(Cn1cncn1)c1ccc(Cl)cc1. The van der Waals surface area contributed by atoms with Gasteiger partial charge in [-0.3, -0.25) is 4.18 Å². The van der Waals surface area contributed by atoms with Crippen molar-refractivity contribution in [3.63, 3.8) is 0 Å². The van der Waals surface area contributed by atoms with E-state index in [1.807, 2.05) is 0 Å². The maximum atomic E-state index is 11.4. The smallest absolute Gasteiger partial charge is 0.264 e. The lowest BCUT2D eigenvalue weighted by Crippen LogP contribution is -2.44. The number of nitrogens with zero attached hydrogens (tertiary/aromatic N) is 3. The van der Waals surface area contributed by atoms with E-state index >= 15 is 0 Å². The lowest BCUT2D eigenvalue weighted by atomic mass is 9.89. The van der Waals surface area contributed by atoms with Gasteiger partial charge in [0.1, 0.15) is 24.4 Å². The van der Waals surface area contributed by atoms with Crippen LogP contribution in [0.2, 0.25) is 5.02 Å². The number of halogens is 1. The van der Waals surface area contributed by atoms with Crippen LogP contribution in [0.1, 0.15) is 12.5 Å². The molecule has 0 fully saturated rings. The van der Waals surface area contributed by atoms with Gasteiger partial charge in [-0.15, -0.1) is 0 Å². The van der Waals surface area contributed by atoms with Crippen LogP contribution in [0, 0.1) is 0 Å². The molecule has 7 nitrogen and oxygen atoms in total. The Hall–Kier alpha value is -1.48. The highest BCUT2D eigenvalue weighted by atomic mass is 35.5. The second-order valence-electron chi connectivity index (χ2n) is 4.97. The Morgan fingerprint density at radius 1 is 1.41 bits per heavy atom. The summed E-state index contributed by atoms with van der Waals surface area (Å²) >= 11 is 5.85. The van der Waals surface area contributed by atoms with E-state index in [4.69, 9.17) is 15.8 Å². The van der Waals surface area contributed by atoms with Gasteiger partial charge >= 0.3 is 0 Å². The molecule has 2 aromatic rings. The van der Waals surface area contributed by atoms with Gasteiger partial charge in [-0.05, 0) is 24.6 Å². The number of hydrogen-bond donors (Lipinski definition) is 1. The largest absolute Gasteiger partial charge is 0.380 e. The highest BCUT2D eigenvalue weighted by molar-refractivity contribution is 7.86. The summed E-state index contributed by atoms with van der Waals surface area (Å²) in [6.45, 7) is 1.46. The minimum Gasteiger partial charge on any atom is -0.380 e. The number of hydrogen-bond acceptors (Lipinski definition) is 6. The minimum atomic E-state index is -3.73. The Kier molecular flexibility index (Phi) is 4.86. The Labute approximate surface area is 133 Å². The van der Waals surface area contributed by atoms with Gasteiger partial charge in [0.25, 0.3) is 10.1 Å². The molecule has 1 aromatic heterocycles. The zero-order valence-electron chi connectivity index (χ0n) is 12.0. The van der Waals surface area contributed by atoms with Gasteiger partial charge < -0.3 is 5.11 Å². The lowest BCUT2D eigenvalue weighted by Gasteiger charge is -2.33. The zero-order valence-corrected chi connectivity index (χ0v) is 13.6. The molecule has 2 atom stereocenters. The van der Waals surface area contributed by atoms with E-state index in [9.17, 15) is 13.5 Å². The normalized spacial score (nSPS) is 16.2. The zero-order chi connectivity index (χ0) is 16.4. The molecule has 1 N–H and O–H groups in total. The molecule has 1 aromatic carbocycles. The Morgan fingerprint density at radius 3 is 2.55 bits per heavy atom. The fourth-order valence-electron chi connectivity index (χ4n) is 2.10. The molecule has 0 bridgehead atoms. The van der Waals surface area contributed by atoms with Crippen LogP contribution in [0.5, 0.6) is 0 Å². The third kappa shape index (κ3) is 4.04. The number of aromatic nitrogens is 3. The van der Waals surface area contributed by atoms with Gasteiger partial charge in [0, 0.05) is 5.02 Å². The summed E-state index contributed by atoms with van der Waals surface area (Å²) in [6.07, 6.45) is 2.65. The van der Waals surface area contributed by atoms with Crippen molar-refractivity contribution in [3.05, 3.63) is 47.5 Å². The standard InChI is InChI=1S/C13H16ClN3O4S/c1-10(21-22(2,19)20)13(18,7-17-9-15-8-16-17)11-3-5-12(14)6-4-11/h3-6,8-10,18H,7H2,1-2H3/t10-,13-/m1/s1. The number of aliphatic hydroxyl groups is 1. The van der Waals surface area contributed by atoms with Crippen molar-refractivity contribution >= 4 is 21.7 Å². The number of benzene rings is 1. The van der Waals surface area contributed by atoms with Gasteiger partial charge in [0.15, 0.2) is 0 Å². The predicted octanol–water partition coefficient (Wildman–Crippen LogP) is 1.18. The summed E-state index contributed by atoms with van der Waals surface area (Å²) in [7, 11) is -3.73. The van der Waals surface area contributed by atoms with Crippen LogP contribution in [0.25, 0.3) is 0 Å². The first-order chi connectivity index (χ1) is 10.2. The van der Waals surface area contributed by atoms with Gasteiger partial charge in [-0.1, -0.05) is 23.7 Å². The molecule has 0 aliphatic rings. The monoisotopic (exact) mass is 345 g/mol. The van der Waals surface area contributed by atoms with Crippen LogP contribution in [0.4, 0.5) is 0 Å². The summed E-state index contributed by atoms with van der Waals surface area (Å²) in [5.74, 6) is 0. The highest BCUT2D eigenvalue weighted by Gasteiger charge is 2.39. The third-order valence-corrected chi connectivity index (χ3v) is 4.10. The van der Waals surface area contributed by atoms with Gasteiger partial charge in [0.05, 0.1) is 12.8 Å². The van der Waals surface area contributed by atoms with Crippen LogP contribution >= 0.6 is 11.6 Å². The topological polar surface area (TPSA) is 94.3 Å². The quantitative estimate of drug-likeness (QED) is 0.790. The van der Waals surface area contributed by atoms with Crippen molar-refractivity contribution in [1.82, 2.24) is 14.8 Å². The second-order valence-corrected chi connectivity index (χ2v) is 7.00. The van der Waals surface area contributed by atoms with Gasteiger partial charge in [0.2, 0.25) is 0 Å². The first kappa shape index (κ1) is 16.9. The summed E-state index contributed by atoms with van der Waals surface area (Å²) < 4.78 is 29.1. The average Bonchev–Trinajstić information content (AvgIpc) is 2.90. The molecule has 1 heterocycles. The van der Waals surface area contributed by atoms with Crippen LogP contribution in [0.3, 0.4) is 0 Å². The van der Waals surface area contributed by atoms with E-state index in [-0.39, 0.29) is 6.54 Å². The maximum absolute atomic E-state index is 11.4. The first-order valence-electron chi connectivity index (χ1n) is 6.40. The predicted molar refractivity (Wildman–Crippen MR) is 80.8 cm³/mol. The van der Waals surface area contributed by atoms with Crippen LogP contribution < -0.4 is 0 Å². The molecule has 0 saturated heterocycles. The van der Waals surface area contributed by atoms with Crippen LogP contribution in [0.15, 0.2) is 36.9 Å². The van der Waals surface area contributed by atoms with Crippen molar-refractivity contribution in [1.29, 1.82) is 0 Å². The summed E-state index contributed by atoms with van der Waals surface area (Å²) in [5.41, 5.74) is -1.16. The molecule has 0 saturated carbocycles. The molecular formula is C13H16ClN3O4S. The number of rotatable bonds is 6. The summed E-state index contributed by atoms with van der Waals surface area (Å²) in [5, 5.41) is 15.5. The van der Waals surface area contributed by atoms with Crippen LogP contribution in [-0.2, 0) is 26.4 Å². The molecule has 9 heteroatoms. The van der Waals surface area contributed by atoms with E-state index < -0.39 is 21.8 Å². The Balaban J connectivity index is 2.40. The van der Waals surface area contributed by atoms with Crippen LogP contribution in [-0.4, -0.2) is 40.6 Å². The molecule has 0 spiro atoms. The molecular weight excluding hydrogens is 330 g/mol. The molecule has 22 heavy (non-hydrogen) atoms. The second kappa shape index (κ2) is 6.33. The van der Waals surface area contributed by atoms with Crippen molar-refractivity contribution in [2.45, 2.75) is 25.2 Å².